The number of benzene rings is 1. The Bertz CT molecular complexity index is 705. The van der Waals surface area contributed by atoms with Gasteiger partial charge in [0.15, 0.2) is 0 Å². The van der Waals surface area contributed by atoms with Gasteiger partial charge in [0.05, 0.1) is 5.56 Å². The van der Waals surface area contributed by atoms with Crippen LogP contribution in [0.25, 0.3) is 10.6 Å². The normalized spacial score (nSPS) is 17.5. The molecular weight excluding hydrogens is 356 g/mol. The molecule has 1 aromatic heterocycles. The van der Waals surface area contributed by atoms with E-state index in [0.717, 1.165) is 30.6 Å². The second-order valence-corrected chi connectivity index (χ2v) is 6.38. The van der Waals surface area contributed by atoms with E-state index in [1.54, 1.807) is 10.3 Å². The van der Waals surface area contributed by atoms with Crippen LogP contribution in [0.3, 0.4) is 0 Å². The third-order valence-electron chi connectivity index (χ3n) is 4.06. The number of hydrogen-bond acceptors (Lipinski definition) is 4. The lowest BCUT2D eigenvalue weighted by Gasteiger charge is -2.34. The van der Waals surface area contributed by atoms with Crippen LogP contribution < -0.4 is 5.73 Å². The Balaban J connectivity index is 0.00000208. The quantitative estimate of drug-likeness (QED) is 0.896. The molecule has 1 aliphatic rings. The lowest BCUT2D eigenvalue weighted by Crippen LogP contribution is -2.47. The van der Waals surface area contributed by atoms with Gasteiger partial charge in [-0.25, -0.2) is 13.8 Å². The molecule has 8 heteroatoms. The fourth-order valence-corrected chi connectivity index (χ4v) is 3.69. The van der Waals surface area contributed by atoms with E-state index in [-0.39, 0.29) is 40.6 Å². The molecule has 24 heavy (non-hydrogen) atoms. The summed E-state index contributed by atoms with van der Waals surface area (Å²) in [5.41, 5.74) is 5.76. The molecule has 0 bridgehead atoms. The molecule has 3 rings (SSSR count). The number of aromatic nitrogens is 1. The topological polar surface area (TPSA) is 59.2 Å². The van der Waals surface area contributed by atoms with Crippen LogP contribution in [0.4, 0.5) is 8.78 Å². The predicted molar refractivity (Wildman–Crippen MR) is 92.4 cm³/mol. The van der Waals surface area contributed by atoms with Gasteiger partial charge < -0.3 is 10.6 Å². The number of piperidine rings is 1. The number of nitrogens with two attached hydrogens (primary N) is 1. The van der Waals surface area contributed by atoms with Crippen LogP contribution in [-0.2, 0) is 0 Å². The van der Waals surface area contributed by atoms with E-state index in [0.29, 0.717) is 13.1 Å². The average molecular weight is 374 g/mol. The van der Waals surface area contributed by atoms with Gasteiger partial charge in [-0.15, -0.1) is 23.7 Å². The van der Waals surface area contributed by atoms with E-state index in [1.807, 2.05) is 0 Å². The molecule has 1 unspecified atom stereocenters. The molecule has 1 fully saturated rings. The van der Waals surface area contributed by atoms with E-state index in [2.05, 4.69) is 4.98 Å². The summed E-state index contributed by atoms with van der Waals surface area (Å²) in [6.07, 6.45) is 2.86. The zero-order valence-corrected chi connectivity index (χ0v) is 14.5. The molecule has 2 heterocycles. The van der Waals surface area contributed by atoms with Crippen LogP contribution in [0.5, 0.6) is 0 Å². The minimum Gasteiger partial charge on any atom is -0.333 e. The van der Waals surface area contributed by atoms with Crippen LogP contribution >= 0.6 is 23.7 Å². The number of carbonyl (C=O) groups is 1. The van der Waals surface area contributed by atoms with Crippen LogP contribution in [-0.4, -0.2) is 34.9 Å². The largest absolute Gasteiger partial charge is 0.333 e. The van der Waals surface area contributed by atoms with E-state index in [1.165, 1.54) is 18.2 Å². The SMILES string of the molecule is Cl.NCC1CCCCN1C(=O)c1csc(-c2c(F)cccc2F)n1. The molecule has 0 spiro atoms. The average Bonchev–Trinajstić information content (AvgIpc) is 3.03. The van der Waals surface area contributed by atoms with Crippen LogP contribution in [0, 0.1) is 11.6 Å². The molecule has 0 radical (unpaired) electrons. The Hall–Kier alpha value is -1.57. The zero-order chi connectivity index (χ0) is 16.4. The first-order valence-electron chi connectivity index (χ1n) is 7.52. The van der Waals surface area contributed by atoms with Gasteiger partial charge in [0.1, 0.15) is 22.3 Å². The molecule has 1 aliphatic heterocycles. The van der Waals surface area contributed by atoms with Crippen molar-refractivity contribution in [2.24, 2.45) is 5.73 Å². The second-order valence-electron chi connectivity index (χ2n) is 5.52. The summed E-state index contributed by atoms with van der Waals surface area (Å²) in [4.78, 5) is 18.5. The highest BCUT2D eigenvalue weighted by atomic mass is 35.5. The maximum atomic E-state index is 13.8. The maximum absolute atomic E-state index is 13.8. The van der Waals surface area contributed by atoms with E-state index in [4.69, 9.17) is 5.73 Å². The van der Waals surface area contributed by atoms with Gasteiger partial charge in [-0.3, -0.25) is 4.79 Å². The Morgan fingerprint density at radius 2 is 2.04 bits per heavy atom. The molecule has 2 N–H and O–H groups in total. The minimum absolute atomic E-state index is 0. The van der Waals surface area contributed by atoms with Crippen molar-refractivity contribution in [3.05, 3.63) is 40.9 Å². The molecule has 130 valence electrons. The van der Waals surface area contributed by atoms with Gasteiger partial charge in [-0.05, 0) is 31.4 Å². The standard InChI is InChI=1S/C16H17F2N3OS.ClH/c17-11-5-3-6-12(18)14(11)15-20-13(9-23-15)16(22)21-7-2-1-4-10(21)8-19;/h3,5-6,9-10H,1-2,4,7-8,19H2;1H. The number of carbonyl (C=O) groups excluding carboxylic acids is 1. The molecule has 0 saturated carbocycles. The minimum atomic E-state index is -0.684. The van der Waals surface area contributed by atoms with Gasteiger partial charge in [-0.2, -0.15) is 0 Å². The van der Waals surface area contributed by atoms with Crippen molar-refractivity contribution in [2.45, 2.75) is 25.3 Å². The second kappa shape index (κ2) is 8.00. The summed E-state index contributed by atoms with van der Waals surface area (Å²) in [5, 5.41) is 1.72. The van der Waals surface area contributed by atoms with E-state index in [9.17, 15) is 13.6 Å². The highest BCUT2D eigenvalue weighted by Gasteiger charge is 2.28. The van der Waals surface area contributed by atoms with Crippen LogP contribution in [0.15, 0.2) is 23.6 Å². The van der Waals surface area contributed by atoms with Gasteiger partial charge in [0.2, 0.25) is 0 Å². The first kappa shape index (κ1) is 18.8. The van der Waals surface area contributed by atoms with Crippen molar-refractivity contribution in [3.63, 3.8) is 0 Å². The highest BCUT2D eigenvalue weighted by Crippen LogP contribution is 2.29. The fraction of sp³-hybridized carbons (Fsp3) is 0.375. The Kier molecular flexibility index (Phi) is 6.26. The van der Waals surface area contributed by atoms with Crippen molar-refractivity contribution in [1.29, 1.82) is 0 Å². The number of thiazole rings is 1. The number of likely N-dealkylation sites (tertiary alicyclic amines) is 1. The van der Waals surface area contributed by atoms with Crippen LogP contribution in [0.2, 0.25) is 0 Å². The lowest BCUT2D eigenvalue weighted by atomic mass is 10.0. The highest BCUT2D eigenvalue weighted by molar-refractivity contribution is 7.13. The third kappa shape index (κ3) is 3.58. The molecule has 1 amide bonds. The van der Waals surface area contributed by atoms with Gasteiger partial charge in [0, 0.05) is 24.5 Å². The summed E-state index contributed by atoms with van der Waals surface area (Å²) >= 11 is 1.06. The smallest absolute Gasteiger partial charge is 0.273 e. The van der Waals surface area contributed by atoms with Gasteiger partial charge in [0.25, 0.3) is 5.91 Å². The first-order chi connectivity index (χ1) is 11.1. The number of amides is 1. The molecule has 2 aromatic rings. The van der Waals surface area contributed by atoms with Gasteiger partial charge >= 0.3 is 0 Å². The fourth-order valence-electron chi connectivity index (χ4n) is 2.85. The van der Waals surface area contributed by atoms with E-state index >= 15 is 0 Å². The number of rotatable bonds is 3. The van der Waals surface area contributed by atoms with Crippen molar-refractivity contribution in [2.75, 3.05) is 13.1 Å². The Labute approximate surface area is 149 Å². The summed E-state index contributed by atoms with van der Waals surface area (Å²) in [6, 6.07) is 3.66. The number of halogens is 3. The molecule has 4 nitrogen and oxygen atoms in total. The van der Waals surface area contributed by atoms with Crippen molar-refractivity contribution in [3.8, 4) is 10.6 Å². The third-order valence-corrected chi connectivity index (χ3v) is 4.92. The van der Waals surface area contributed by atoms with Crippen molar-refractivity contribution in [1.82, 2.24) is 9.88 Å². The maximum Gasteiger partial charge on any atom is 0.273 e. The summed E-state index contributed by atoms with van der Waals surface area (Å²) in [6.45, 7) is 1.05. The lowest BCUT2D eigenvalue weighted by molar-refractivity contribution is 0.0618. The monoisotopic (exact) mass is 373 g/mol. The number of hydrogen-bond donors (Lipinski definition) is 1. The van der Waals surface area contributed by atoms with Crippen molar-refractivity contribution >= 4 is 29.7 Å². The van der Waals surface area contributed by atoms with Crippen LogP contribution in [0.1, 0.15) is 29.8 Å². The molecule has 0 aliphatic carbocycles. The molecular formula is C16H18ClF2N3OS. The number of nitrogens with zero attached hydrogens (tertiary/aromatic N) is 2. The summed E-state index contributed by atoms with van der Waals surface area (Å²) in [7, 11) is 0. The zero-order valence-electron chi connectivity index (χ0n) is 12.9. The first-order valence-corrected chi connectivity index (χ1v) is 8.40. The predicted octanol–water partition coefficient (Wildman–Crippen LogP) is 3.46. The Morgan fingerprint density at radius 1 is 1.33 bits per heavy atom. The summed E-state index contributed by atoms with van der Waals surface area (Å²) < 4.78 is 27.7. The molecule has 1 saturated heterocycles. The van der Waals surface area contributed by atoms with Crippen molar-refractivity contribution < 1.29 is 13.6 Å². The molecule has 1 aromatic carbocycles. The summed E-state index contributed by atoms with van der Waals surface area (Å²) in [5.74, 6) is -1.59. The molecule has 1 atom stereocenters. The van der Waals surface area contributed by atoms with E-state index < -0.39 is 11.6 Å². The Morgan fingerprint density at radius 3 is 2.71 bits per heavy atom. The van der Waals surface area contributed by atoms with Gasteiger partial charge in [-0.1, -0.05) is 6.07 Å².